The van der Waals surface area contributed by atoms with Gasteiger partial charge in [-0.2, -0.15) is 0 Å². The highest BCUT2D eigenvalue weighted by Gasteiger charge is 2.24. The highest BCUT2D eigenvalue weighted by molar-refractivity contribution is 14.1. The lowest BCUT2D eigenvalue weighted by Crippen LogP contribution is -2.35. The van der Waals surface area contributed by atoms with E-state index in [9.17, 15) is 10.1 Å². The van der Waals surface area contributed by atoms with Gasteiger partial charge in [0, 0.05) is 24.3 Å². The molecule has 104 valence electrons. The molecule has 1 saturated carbocycles. The minimum absolute atomic E-state index is 0.149. The van der Waals surface area contributed by atoms with E-state index in [0.717, 1.165) is 5.69 Å². The molecule has 1 atom stereocenters. The first-order valence-corrected chi connectivity index (χ1v) is 7.60. The molecule has 1 unspecified atom stereocenters. The van der Waals surface area contributed by atoms with Crippen LogP contribution in [0.2, 0.25) is 0 Å². The third-order valence-corrected chi connectivity index (χ3v) is 4.58. The maximum Gasteiger partial charge on any atom is 0.282 e. The Kier molecular flexibility index (Phi) is 4.98. The molecule has 0 heterocycles. The van der Waals surface area contributed by atoms with Gasteiger partial charge in [-0.25, -0.2) is 0 Å². The summed E-state index contributed by atoms with van der Waals surface area (Å²) in [7, 11) is 0. The van der Waals surface area contributed by atoms with Gasteiger partial charge in [-0.1, -0.05) is 12.8 Å². The lowest BCUT2D eigenvalue weighted by molar-refractivity contribution is -0.385. The van der Waals surface area contributed by atoms with Gasteiger partial charge in [-0.3, -0.25) is 10.1 Å². The number of benzene rings is 1. The summed E-state index contributed by atoms with van der Waals surface area (Å²) < 4.78 is 0.648. The van der Waals surface area contributed by atoms with Crippen molar-refractivity contribution in [2.24, 2.45) is 11.7 Å². The molecular weight excluding hydrogens is 357 g/mol. The largest absolute Gasteiger partial charge is 0.381 e. The number of anilines is 1. The standard InChI is InChI=1S/C13H18IN3O2/c14-11-7-10(5-6-13(11)17(18)19)16-12(8-15)9-3-1-2-4-9/h5-7,9,12,16H,1-4,8,15H2. The van der Waals surface area contributed by atoms with Crippen molar-refractivity contribution in [3.8, 4) is 0 Å². The van der Waals surface area contributed by atoms with E-state index in [1.165, 1.54) is 25.7 Å². The van der Waals surface area contributed by atoms with E-state index in [0.29, 0.717) is 16.0 Å². The second-order valence-electron chi connectivity index (χ2n) is 4.95. The van der Waals surface area contributed by atoms with E-state index in [4.69, 9.17) is 5.73 Å². The van der Waals surface area contributed by atoms with Gasteiger partial charge in [-0.15, -0.1) is 0 Å². The van der Waals surface area contributed by atoms with Gasteiger partial charge in [0.1, 0.15) is 0 Å². The maximum atomic E-state index is 10.8. The number of rotatable bonds is 5. The van der Waals surface area contributed by atoms with Crippen molar-refractivity contribution in [2.75, 3.05) is 11.9 Å². The predicted octanol–water partition coefficient (Wildman–Crippen LogP) is 3.13. The molecule has 6 heteroatoms. The first kappa shape index (κ1) is 14.5. The molecule has 1 aliphatic carbocycles. The zero-order chi connectivity index (χ0) is 13.8. The van der Waals surface area contributed by atoms with Crippen LogP contribution in [0.1, 0.15) is 25.7 Å². The Morgan fingerprint density at radius 2 is 2.16 bits per heavy atom. The van der Waals surface area contributed by atoms with Crippen molar-refractivity contribution in [1.82, 2.24) is 0 Å². The van der Waals surface area contributed by atoms with Crippen LogP contribution in [0.4, 0.5) is 11.4 Å². The number of nitro groups is 1. The maximum absolute atomic E-state index is 10.8. The topological polar surface area (TPSA) is 81.2 Å². The smallest absolute Gasteiger partial charge is 0.282 e. The molecule has 1 aliphatic rings. The Bertz CT molecular complexity index is 461. The first-order valence-electron chi connectivity index (χ1n) is 6.52. The molecule has 19 heavy (non-hydrogen) atoms. The lowest BCUT2D eigenvalue weighted by atomic mass is 9.98. The van der Waals surface area contributed by atoms with Gasteiger partial charge in [0.05, 0.1) is 8.49 Å². The quantitative estimate of drug-likeness (QED) is 0.471. The van der Waals surface area contributed by atoms with Crippen molar-refractivity contribution in [3.05, 3.63) is 31.9 Å². The fourth-order valence-electron chi connectivity index (χ4n) is 2.69. The van der Waals surface area contributed by atoms with Crippen molar-refractivity contribution in [1.29, 1.82) is 0 Å². The first-order chi connectivity index (χ1) is 9.11. The number of halogens is 1. The summed E-state index contributed by atoms with van der Waals surface area (Å²) in [5.74, 6) is 0.623. The summed E-state index contributed by atoms with van der Waals surface area (Å²) in [6, 6.07) is 5.39. The minimum atomic E-state index is -0.358. The molecule has 0 saturated heterocycles. The number of hydrogen-bond acceptors (Lipinski definition) is 4. The molecule has 0 amide bonds. The van der Waals surface area contributed by atoms with Crippen LogP contribution in [0.15, 0.2) is 18.2 Å². The highest BCUT2D eigenvalue weighted by atomic mass is 127. The summed E-state index contributed by atoms with van der Waals surface area (Å²) in [4.78, 5) is 10.4. The Hall–Kier alpha value is -0.890. The normalized spacial score (nSPS) is 17.4. The molecule has 3 N–H and O–H groups in total. The number of hydrogen-bond donors (Lipinski definition) is 2. The van der Waals surface area contributed by atoms with Crippen LogP contribution >= 0.6 is 22.6 Å². The third-order valence-electron chi connectivity index (χ3n) is 3.72. The van der Waals surface area contributed by atoms with Gasteiger partial charge in [-0.05, 0) is 53.5 Å². The summed E-state index contributed by atoms with van der Waals surface area (Å²) in [5.41, 5.74) is 6.91. The van der Waals surface area contributed by atoms with E-state index in [1.54, 1.807) is 12.1 Å². The van der Waals surface area contributed by atoms with Crippen molar-refractivity contribution < 1.29 is 4.92 Å². The highest BCUT2D eigenvalue weighted by Crippen LogP contribution is 2.30. The fourth-order valence-corrected chi connectivity index (χ4v) is 3.40. The molecule has 0 radical (unpaired) electrons. The van der Waals surface area contributed by atoms with Crippen LogP contribution in [0.3, 0.4) is 0 Å². The van der Waals surface area contributed by atoms with Crippen LogP contribution < -0.4 is 11.1 Å². The SMILES string of the molecule is NCC(Nc1ccc([N+](=O)[O-])c(I)c1)C1CCCC1. The molecular formula is C13H18IN3O2. The van der Waals surface area contributed by atoms with E-state index in [2.05, 4.69) is 5.32 Å². The van der Waals surface area contributed by atoms with Gasteiger partial charge in [0.2, 0.25) is 0 Å². The van der Waals surface area contributed by atoms with E-state index >= 15 is 0 Å². The zero-order valence-corrected chi connectivity index (χ0v) is 12.8. The summed E-state index contributed by atoms with van der Waals surface area (Å²) >= 11 is 2.00. The Balaban J connectivity index is 2.09. The van der Waals surface area contributed by atoms with Crippen molar-refractivity contribution in [2.45, 2.75) is 31.7 Å². The molecule has 1 aromatic rings. The van der Waals surface area contributed by atoms with Crippen molar-refractivity contribution in [3.63, 3.8) is 0 Å². The summed E-state index contributed by atoms with van der Waals surface area (Å²) in [6.07, 6.45) is 5.00. The van der Waals surface area contributed by atoms with Crippen molar-refractivity contribution >= 4 is 34.0 Å². The molecule has 2 rings (SSSR count). The number of nitro benzene ring substituents is 1. The van der Waals surface area contributed by atoms with Crippen LogP contribution in [-0.4, -0.2) is 17.5 Å². The fraction of sp³-hybridized carbons (Fsp3) is 0.538. The van der Waals surface area contributed by atoms with Crippen LogP contribution in [0.5, 0.6) is 0 Å². The van der Waals surface area contributed by atoms with Gasteiger partial charge < -0.3 is 11.1 Å². The summed E-state index contributed by atoms with van der Waals surface area (Å²) in [6.45, 7) is 0.595. The molecule has 1 aromatic carbocycles. The van der Waals surface area contributed by atoms with Crippen LogP contribution in [-0.2, 0) is 0 Å². The Morgan fingerprint density at radius 1 is 1.47 bits per heavy atom. The molecule has 0 spiro atoms. The van der Waals surface area contributed by atoms with Crippen LogP contribution in [0, 0.1) is 19.6 Å². The summed E-state index contributed by atoms with van der Waals surface area (Å²) in [5, 5.41) is 14.2. The average Bonchev–Trinajstić information content (AvgIpc) is 2.89. The predicted molar refractivity (Wildman–Crippen MR) is 84.2 cm³/mol. The second-order valence-corrected chi connectivity index (χ2v) is 6.12. The Morgan fingerprint density at radius 3 is 2.68 bits per heavy atom. The zero-order valence-electron chi connectivity index (χ0n) is 10.6. The third kappa shape index (κ3) is 3.56. The van der Waals surface area contributed by atoms with Crippen LogP contribution in [0.25, 0.3) is 0 Å². The Labute approximate surface area is 126 Å². The monoisotopic (exact) mass is 375 g/mol. The lowest BCUT2D eigenvalue weighted by Gasteiger charge is -2.24. The molecule has 1 fully saturated rings. The van der Waals surface area contributed by atoms with E-state index in [-0.39, 0.29) is 16.7 Å². The molecule has 0 bridgehead atoms. The molecule has 0 aliphatic heterocycles. The van der Waals surface area contributed by atoms with Gasteiger partial charge in [0.15, 0.2) is 0 Å². The molecule has 5 nitrogen and oxygen atoms in total. The average molecular weight is 375 g/mol. The number of nitrogens with two attached hydrogens (primary N) is 1. The van der Waals surface area contributed by atoms with E-state index < -0.39 is 0 Å². The van der Waals surface area contributed by atoms with Gasteiger partial charge in [0.25, 0.3) is 5.69 Å². The molecule has 0 aromatic heterocycles. The van der Waals surface area contributed by atoms with E-state index in [1.807, 2.05) is 28.7 Å². The minimum Gasteiger partial charge on any atom is -0.381 e. The number of nitrogens with zero attached hydrogens (tertiary/aromatic N) is 1. The second kappa shape index (κ2) is 6.51. The van der Waals surface area contributed by atoms with Gasteiger partial charge >= 0.3 is 0 Å². The number of nitrogens with one attached hydrogen (secondary N) is 1.